The van der Waals surface area contributed by atoms with Crippen LogP contribution in [0.4, 0.5) is 4.39 Å². The van der Waals surface area contributed by atoms with E-state index >= 15 is 0 Å². The van der Waals surface area contributed by atoms with E-state index in [-0.39, 0.29) is 19.0 Å². The van der Waals surface area contributed by atoms with Gasteiger partial charge in [0.1, 0.15) is 17.8 Å². The van der Waals surface area contributed by atoms with Crippen molar-refractivity contribution in [2.75, 3.05) is 6.61 Å². The first-order chi connectivity index (χ1) is 13.3. The van der Waals surface area contributed by atoms with E-state index < -0.39 is 37.2 Å². The lowest BCUT2D eigenvalue weighted by Crippen LogP contribution is -2.33. The van der Waals surface area contributed by atoms with Crippen molar-refractivity contribution in [3.8, 4) is 5.75 Å². The molecule has 0 bridgehead atoms. The van der Waals surface area contributed by atoms with Gasteiger partial charge < -0.3 is 9.26 Å². The second kappa shape index (κ2) is 7.29. The number of phosphoric ester groups is 1. The minimum absolute atomic E-state index is 0.0681. The Hall–Kier alpha value is -2.26. The van der Waals surface area contributed by atoms with Gasteiger partial charge in [-0.05, 0) is 38.0 Å². The number of H-pyrrole nitrogens is 1. The van der Waals surface area contributed by atoms with Crippen LogP contribution in [0.1, 0.15) is 30.2 Å². The van der Waals surface area contributed by atoms with Crippen molar-refractivity contribution in [2.24, 2.45) is 0 Å². The summed E-state index contributed by atoms with van der Waals surface area (Å²) < 4.78 is 48.7. The van der Waals surface area contributed by atoms with Gasteiger partial charge in [0.2, 0.25) is 0 Å². The summed E-state index contributed by atoms with van der Waals surface area (Å²) in [6.45, 7) is 1.43. The molecule has 3 unspecified atom stereocenters. The van der Waals surface area contributed by atoms with Crippen LogP contribution >= 0.6 is 7.82 Å². The first-order valence-corrected chi connectivity index (χ1v) is 10.1. The van der Waals surface area contributed by atoms with E-state index in [1.165, 1.54) is 29.0 Å². The fourth-order valence-electron chi connectivity index (χ4n) is 3.10. The summed E-state index contributed by atoms with van der Waals surface area (Å²) in [5.74, 6) is -0.196. The first kappa shape index (κ1) is 19.1. The number of aromatic nitrogens is 2. The number of hydrogen-bond acceptors (Lipinski definition) is 7. The molecule has 1 fully saturated rings. The molecule has 3 atom stereocenters. The largest absolute Gasteiger partial charge is 0.530 e. The third-order valence-electron chi connectivity index (χ3n) is 4.57. The number of ether oxygens (including phenoxy) is 1. The van der Waals surface area contributed by atoms with Crippen LogP contribution in [0.2, 0.25) is 0 Å². The Bertz CT molecular complexity index is 1070. The number of aryl methyl sites for hydroxylation is 1. The second-order valence-electron chi connectivity index (χ2n) is 6.63. The molecule has 11 heteroatoms. The van der Waals surface area contributed by atoms with E-state index in [1.54, 1.807) is 6.92 Å². The van der Waals surface area contributed by atoms with E-state index in [2.05, 4.69) is 4.98 Å². The molecule has 4 rings (SSSR count). The average molecular weight is 412 g/mol. The van der Waals surface area contributed by atoms with Crippen LogP contribution in [0.15, 0.2) is 34.0 Å². The molecular weight excluding hydrogens is 394 g/mol. The van der Waals surface area contributed by atoms with Gasteiger partial charge in [-0.15, -0.1) is 0 Å². The standard InChI is InChI=1S/C17H18FN2O7P/c1-10-7-20(17(22)19-16(10)21)15-5-3-13(26-15)9-25-28(23)24-8-11-6-12(18)2-4-14(11)27-28/h2,4,6-7,13,15H,3,5,8-9H2,1H3,(H,19,21,22). The van der Waals surface area contributed by atoms with Crippen molar-refractivity contribution in [2.45, 2.75) is 38.7 Å². The normalized spacial score (nSPS) is 26.6. The van der Waals surface area contributed by atoms with Crippen molar-refractivity contribution >= 4 is 7.82 Å². The van der Waals surface area contributed by atoms with Crippen molar-refractivity contribution in [1.82, 2.24) is 9.55 Å². The summed E-state index contributed by atoms with van der Waals surface area (Å²) in [7, 11) is -3.85. The van der Waals surface area contributed by atoms with E-state index in [9.17, 15) is 18.5 Å². The molecule has 9 nitrogen and oxygen atoms in total. The van der Waals surface area contributed by atoms with Crippen LogP contribution in [-0.2, 0) is 25.0 Å². The lowest BCUT2D eigenvalue weighted by Gasteiger charge is -2.25. The van der Waals surface area contributed by atoms with E-state index in [0.29, 0.717) is 24.0 Å². The van der Waals surface area contributed by atoms with E-state index in [1.807, 2.05) is 0 Å². The SMILES string of the molecule is Cc1cn(C2CCC(COP3(=O)OCc4cc(F)ccc4O3)O2)c(=O)[nH]c1=O. The number of phosphoric acid groups is 1. The molecule has 3 heterocycles. The van der Waals surface area contributed by atoms with E-state index in [0.717, 1.165) is 0 Å². The second-order valence-corrected chi connectivity index (χ2v) is 8.22. The quantitative estimate of drug-likeness (QED) is 0.768. The number of rotatable bonds is 4. The smallest absolute Gasteiger partial charge is 0.404 e. The zero-order valence-electron chi connectivity index (χ0n) is 14.9. The topological polar surface area (TPSA) is 109 Å². The summed E-state index contributed by atoms with van der Waals surface area (Å²) in [4.78, 5) is 25.7. The molecule has 1 N–H and O–H groups in total. The summed E-state index contributed by atoms with van der Waals surface area (Å²) >= 11 is 0. The fraction of sp³-hybridized carbons (Fsp3) is 0.412. The molecule has 1 aromatic heterocycles. The molecule has 0 saturated carbocycles. The highest BCUT2D eigenvalue weighted by atomic mass is 31.2. The van der Waals surface area contributed by atoms with Crippen LogP contribution < -0.4 is 15.8 Å². The maximum Gasteiger partial charge on any atom is 0.530 e. The zero-order chi connectivity index (χ0) is 19.9. The van der Waals surface area contributed by atoms with Gasteiger partial charge in [-0.3, -0.25) is 23.4 Å². The number of nitrogens with one attached hydrogen (secondary N) is 1. The zero-order valence-corrected chi connectivity index (χ0v) is 15.8. The predicted molar refractivity (Wildman–Crippen MR) is 94.6 cm³/mol. The van der Waals surface area contributed by atoms with Gasteiger partial charge in [-0.2, -0.15) is 0 Å². The molecule has 0 spiro atoms. The van der Waals surface area contributed by atoms with Gasteiger partial charge in [0.25, 0.3) is 5.56 Å². The third-order valence-corrected chi connectivity index (χ3v) is 5.90. The number of nitrogens with zero attached hydrogens (tertiary/aromatic N) is 1. The summed E-state index contributed by atoms with van der Waals surface area (Å²) in [6, 6.07) is 3.81. The number of hydrogen-bond donors (Lipinski definition) is 1. The molecule has 2 aliphatic heterocycles. The number of halogens is 1. The molecule has 28 heavy (non-hydrogen) atoms. The maximum atomic E-state index is 13.2. The lowest BCUT2D eigenvalue weighted by molar-refractivity contribution is -0.0265. The Morgan fingerprint density at radius 2 is 2.18 bits per heavy atom. The highest BCUT2D eigenvalue weighted by Crippen LogP contribution is 2.54. The van der Waals surface area contributed by atoms with Crippen LogP contribution in [-0.4, -0.2) is 22.3 Å². The Labute approximate surface area is 158 Å². The van der Waals surface area contributed by atoms with Crippen LogP contribution in [0.25, 0.3) is 0 Å². The van der Waals surface area contributed by atoms with Gasteiger partial charge in [-0.1, -0.05) is 0 Å². The molecule has 0 radical (unpaired) electrons. The number of aromatic amines is 1. The van der Waals surface area contributed by atoms with Crippen molar-refractivity contribution in [3.05, 3.63) is 62.2 Å². The van der Waals surface area contributed by atoms with Crippen molar-refractivity contribution in [3.63, 3.8) is 0 Å². The van der Waals surface area contributed by atoms with Gasteiger partial charge in [0.05, 0.1) is 19.3 Å². The molecule has 0 aliphatic carbocycles. The van der Waals surface area contributed by atoms with Gasteiger partial charge in [0.15, 0.2) is 0 Å². The van der Waals surface area contributed by atoms with Gasteiger partial charge in [-0.25, -0.2) is 13.8 Å². The first-order valence-electron chi connectivity index (χ1n) is 8.68. The molecule has 2 aliphatic rings. The molecule has 1 aromatic carbocycles. The van der Waals surface area contributed by atoms with Gasteiger partial charge >= 0.3 is 13.5 Å². The summed E-state index contributed by atoms with van der Waals surface area (Å²) in [5, 5.41) is 0. The van der Waals surface area contributed by atoms with Crippen LogP contribution in [0.3, 0.4) is 0 Å². The Kier molecular flexibility index (Phi) is 4.96. The molecule has 150 valence electrons. The van der Waals surface area contributed by atoms with Crippen LogP contribution in [0, 0.1) is 12.7 Å². The lowest BCUT2D eigenvalue weighted by atomic mass is 10.2. The average Bonchev–Trinajstić information content (AvgIpc) is 3.12. The maximum absolute atomic E-state index is 13.2. The Morgan fingerprint density at radius 1 is 1.36 bits per heavy atom. The highest BCUT2D eigenvalue weighted by molar-refractivity contribution is 7.49. The Balaban J connectivity index is 1.38. The predicted octanol–water partition coefficient (Wildman–Crippen LogP) is 2.40. The minimum Gasteiger partial charge on any atom is -0.404 e. The monoisotopic (exact) mass is 412 g/mol. The third kappa shape index (κ3) is 3.81. The Morgan fingerprint density at radius 3 is 3.00 bits per heavy atom. The molecular formula is C17H18FN2O7P. The molecule has 2 aromatic rings. The number of benzene rings is 1. The fourth-order valence-corrected chi connectivity index (χ4v) is 4.34. The molecule has 0 amide bonds. The number of fused-ring (bicyclic) bond motifs is 1. The minimum atomic E-state index is -3.85. The van der Waals surface area contributed by atoms with Crippen LogP contribution in [0.5, 0.6) is 5.75 Å². The highest BCUT2D eigenvalue weighted by Gasteiger charge is 2.37. The molecule has 1 saturated heterocycles. The summed E-state index contributed by atoms with van der Waals surface area (Å²) in [5.41, 5.74) is -0.159. The van der Waals surface area contributed by atoms with Crippen molar-refractivity contribution < 1.29 is 27.3 Å². The van der Waals surface area contributed by atoms with Crippen molar-refractivity contribution in [1.29, 1.82) is 0 Å². The van der Waals surface area contributed by atoms with Gasteiger partial charge in [0, 0.05) is 17.3 Å². The van der Waals surface area contributed by atoms with E-state index in [4.69, 9.17) is 18.3 Å². The summed E-state index contributed by atoms with van der Waals surface area (Å²) in [6.07, 6.45) is 1.52.